The zero-order valence-electron chi connectivity index (χ0n) is 10.1. The minimum Gasteiger partial charge on any atom is -0.391 e. The summed E-state index contributed by atoms with van der Waals surface area (Å²) in [5.74, 6) is 0.873. The third kappa shape index (κ3) is 3.58. The number of rotatable bonds is 2. The van der Waals surface area contributed by atoms with E-state index in [9.17, 15) is 5.11 Å². The standard InChI is InChI=1S/C12H25NO/c1-10-5-7-13(8-6-10)9-11(14)12(2,3)4/h10-11,14H,5-9H2,1-4H3. The van der Waals surface area contributed by atoms with Crippen LogP contribution in [0, 0.1) is 11.3 Å². The monoisotopic (exact) mass is 199 g/mol. The van der Waals surface area contributed by atoms with Crippen LogP contribution in [-0.4, -0.2) is 35.7 Å². The Bertz CT molecular complexity index is 166. The van der Waals surface area contributed by atoms with Crippen LogP contribution in [0.3, 0.4) is 0 Å². The predicted octanol–water partition coefficient (Wildman–Crippen LogP) is 2.13. The average Bonchev–Trinajstić information content (AvgIpc) is 2.07. The SMILES string of the molecule is CC1CCN(CC(O)C(C)(C)C)CC1. The van der Waals surface area contributed by atoms with Crippen LogP contribution in [0.1, 0.15) is 40.5 Å². The third-order valence-electron chi connectivity index (χ3n) is 3.31. The lowest BCUT2D eigenvalue weighted by atomic mass is 9.88. The van der Waals surface area contributed by atoms with E-state index in [1.807, 2.05) is 0 Å². The van der Waals surface area contributed by atoms with E-state index in [0.29, 0.717) is 0 Å². The van der Waals surface area contributed by atoms with Gasteiger partial charge in [-0.25, -0.2) is 0 Å². The molecule has 0 bridgehead atoms. The van der Waals surface area contributed by atoms with Crippen LogP contribution in [0.15, 0.2) is 0 Å². The quantitative estimate of drug-likeness (QED) is 0.736. The van der Waals surface area contributed by atoms with Crippen LogP contribution in [0.5, 0.6) is 0 Å². The fourth-order valence-electron chi connectivity index (χ4n) is 1.76. The van der Waals surface area contributed by atoms with Gasteiger partial charge in [0, 0.05) is 6.54 Å². The molecular formula is C12H25NO. The van der Waals surface area contributed by atoms with Gasteiger partial charge in [-0.3, -0.25) is 0 Å². The maximum absolute atomic E-state index is 9.96. The molecule has 0 saturated carbocycles. The summed E-state index contributed by atoms with van der Waals surface area (Å²) in [5, 5.41) is 9.96. The molecule has 1 fully saturated rings. The molecular weight excluding hydrogens is 174 g/mol. The summed E-state index contributed by atoms with van der Waals surface area (Å²) in [4.78, 5) is 2.40. The number of β-amino-alcohol motifs (C(OH)–C–C–N with tert-alkyl or cyclic N) is 1. The average molecular weight is 199 g/mol. The zero-order chi connectivity index (χ0) is 10.8. The molecule has 0 aromatic rings. The Kier molecular flexibility index (Phi) is 3.96. The Labute approximate surface area is 88.3 Å². The molecule has 1 saturated heterocycles. The van der Waals surface area contributed by atoms with Crippen LogP contribution >= 0.6 is 0 Å². The summed E-state index contributed by atoms with van der Waals surface area (Å²) in [5.41, 5.74) is 0.0169. The molecule has 0 amide bonds. The summed E-state index contributed by atoms with van der Waals surface area (Å²) in [6, 6.07) is 0. The first-order chi connectivity index (χ1) is 6.39. The Hall–Kier alpha value is -0.0800. The first-order valence-electron chi connectivity index (χ1n) is 5.80. The van der Waals surface area contributed by atoms with E-state index in [0.717, 1.165) is 25.6 Å². The van der Waals surface area contributed by atoms with Crippen LogP contribution in [0.4, 0.5) is 0 Å². The summed E-state index contributed by atoms with van der Waals surface area (Å²) >= 11 is 0. The molecule has 1 atom stereocenters. The van der Waals surface area contributed by atoms with E-state index in [1.54, 1.807) is 0 Å². The molecule has 1 N–H and O–H groups in total. The summed E-state index contributed by atoms with van der Waals surface area (Å²) in [6.45, 7) is 11.8. The highest BCUT2D eigenvalue weighted by Gasteiger charge is 2.25. The number of likely N-dealkylation sites (tertiary alicyclic amines) is 1. The smallest absolute Gasteiger partial charge is 0.0715 e. The Morgan fingerprint density at radius 1 is 1.29 bits per heavy atom. The number of hydrogen-bond donors (Lipinski definition) is 1. The minimum absolute atomic E-state index is 0.0169. The molecule has 1 unspecified atom stereocenters. The Morgan fingerprint density at radius 2 is 1.79 bits per heavy atom. The van der Waals surface area contributed by atoms with Crippen LogP contribution in [-0.2, 0) is 0 Å². The minimum atomic E-state index is -0.198. The van der Waals surface area contributed by atoms with E-state index in [-0.39, 0.29) is 11.5 Å². The normalized spacial score (nSPS) is 23.8. The number of aliphatic hydroxyl groups excluding tert-OH is 1. The van der Waals surface area contributed by atoms with Crippen molar-refractivity contribution in [2.75, 3.05) is 19.6 Å². The van der Waals surface area contributed by atoms with Gasteiger partial charge in [0.2, 0.25) is 0 Å². The van der Waals surface area contributed by atoms with Crippen molar-refractivity contribution in [1.82, 2.24) is 4.90 Å². The van der Waals surface area contributed by atoms with Crippen molar-refractivity contribution in [1.29, 1.82) is 0 Å². The molecule has 0 aromatic heterocycles. The summed E-state index contributed by atoms with van der Waals surface area (Å²) in [7, 11) is 0. The number of piperidine rings is 1. The molecule has 0 aromatic carbocycles. The fourth-order valence-corrected chi connectivity index (χ4v) is 1.76. The summed E-state index contributed by atoms with van der Waals surface area (Å²) in [6.07, 6.45) is 2.38. The molecule has 1 rings (SSSR count). The largest absolute Gasteiger partial charge is 0.391 e. The van der Waals surface area contributed by atoms with Gasteiger partial charge in [0.15, 0.2) is 0 Å². The molecule has 14 heavy (non-hydrogen) atoms. The second-order valence-electron chi connectivity index (χ2n) is 5.86. The molecule has 1 aliphatic heterocycles. The fraction of sp³-hybridized carbons (Fsp3) is 1.00. The Balaban J connectivity index is 2.31. The van der Waals surface area contributed by atoms with Crippen molar-refractivity contribution >= 4 is 0 Å². The van der Waals surface area contributed by atoms with Gasteiger partial charge in [-0.05, 0) is 37.3 Å². The van der Waals surface area contributed by atoms with E-state index in [4.69, 9.17) is 0 Å². The van der Waals surface area contributed by atoms with Gasteiger partial charge < -0.3 is 10.0 Å². The van der Waals surface area contributed by atoms with Gasteiger partial charge in [-0.15, -0.1) is 0 Å². The first kappa shape index (κ1) is 12.0. The molecule has 0 spiro atoms. The maximum Gasteiger partial charge on any atom is 0.0715 e. The van der Waals surface area contributed by atoms with Gasteiger partial charge in [0.05, 0.1) is 6.10 Å². The summed E-state index contributed by atoms with van der Waals surface area (Å²) < 4.78 is 0. The first-order valence-corrected chi connectivity index (χ1v) is 5.80. The van der Waals surface area contributed by atoms with Gasteiger partial charge in [0.25, 0.3) is 0 Å². The third-order valence-corrected chi connectivity index (χ3v) is 3.31. The number of hydrogen-bond acceptors (Lipinski definition) is 2. The van der Waals surface area contributed by atoms with Crippen molar-refractivity contribution < 1.29 is 5.11 Å². The highest BCUT2D eigenvalue weighted by atomic mass is 16.3. The van der Waals surface area contributed by atoms with Crippen LogP contribution < -0.4 is 0 Å². The lowest BCUT2D eigenvalue weighted by Gasteiger charge is -2.35. The van der Waals surface area contributed by atoms with Crippen molar-refractivity contribution in [3.63, 3.8) is 0 Å². The van der Waals surface area contributed by atoms with Crippen LogP contribution in [0.2, 0.25) is 0 Å². The Morgan fingerprint density at radius 3 is 2.21 bits per heavy atom. The second kappa shape index (κ2) is 4.63. The van der Waals surface area contributed by atoms with E-state index >= 15 is 0 Å². The molecule has 2 heteroatoms. The second-order valence-corrected chi connectivity index (χ2v) is 5.86. The molecule has 1 heterocycles. The molecule has 84 valence electrons. The van der Waals surface area contributed by atoms with E-state index < -0.39 is 0 Å². The van der Waals surface area contributed by atoms with Crippen molar-refractivity contribution in [3.05, 3.63) is 0 Å². The van der Waals surface area contributed by atoms with Gasteiger partial charge in [0.1, 0.15) is 0 Å². The molecule has 0 aliphatic carbocycles. The van der Waals surface area contributed by atoms with E-state index in [2.05, 4.69) is 32.6 Å². The lowest BCUT2D eigenvalue weighted by molar-refractivity contribution is 0.0197. The lowest BCUT2D eigenvalue weighted by Crippen LogP contribution is -2.42. The van der Waals surface area contributed by atoms with E-state index in [1.165, 1.54) is 12.8 Å². The molecule has 0 radical (unpaired) electrons. The number of aliphatic hydroxyl groups is 1. The van der Waals surface area contributed by atoms with Gasteiger partial charge >= 0.3 is 0 Å². The van der Waals surface area contributed by atoms with Crippen molar-refractivity contribution in [2.24, 2.45) is 11.3 Å². The predicted molar refractivity (Wildman–Crippen MR) is 60.3 cm³/mol. The highest BCUT2D eigenvalue weighted by molar-refractivity contribution is 4.78. The highest BCUT2D eigenvalue weighted by Crippen LogP contribution is 2.22. The topological polar surface area (TPSA) is 23.5 Å². The molecule has 1 aliphatic rings. The van der Waals surface area contributed by atoms with Crippen LogP contribution in [0.25, 0.3) is 0 Å². The van der Waals surface area contributed by atoms with Gasteiger partial charge in [-0.1, -0.05) is 27.7 Å². The van der Waals surface area contributed by atoms with Crippen molar-refractivity contribution in [2.45, 2.75) is 46.6 Å². The maximum atomic E-state index is 9.96. The molecule has 2 nitrogen and oxygen atoms in total. The van der Waals surface area contributed by atoms with Gasteiger partial charge in [-0.2, -0.15) is 0 Å². The number of nitrogens with zero attached hydrogens (tertiary/aromatic N) is 1. The van der Waals surface area contributed by atoms with Crippen molar-refractivity contribution in [3.8, 4) is 0 Å². The zero-order valence-corrected chi connectivity index (χ0v) is 10.1.